The van der Waals surface area contributed by atoms with Gasteiger partial charge in [0, 0.05) is 31.3 Å². The van der Waals surface area contributed by atoms with Gasteiger partial charge in [-0.25, -0.2) is 24.3 Å². The molecule has 0 saturated carbocycles. The zero-order chi connectivity index (χ0) is 34.2. The standard InChI is InChI=1S/C26H28BFN8O10P2S/c1-40-21-20-14(44-26(21)35-6-11-2-3-15(37)34-12-4-5-30-23(35)16(11)12)7-41-47(27,38)45-19-13(8-42-48(39,49)46-20)43-25(17(19)28)36-10-33-18-22(29)31-9-32-24(18)36/h4-6,9-10,13-14,17,19-21,25-26H,2-3,7-8H2,1H3,(H,34,37)(H,39,49)(H2,29,31,32)/t13-,14-,17?,19+,20?,21+,25-,26-,47?,48?/m1/s1. The predicted molar refractivity (Wildman–Crippen MR) is 171 cm³/mol. The lowest BCUT2D eigenvalue weighted by atomic mass is 10.1. The van der Waals surface area contributed by atoms with E-state index >= 15 is 4.39 Å². The van der Waals surface area contributed by atoms with Crippen LogP contribution in [0.4, 0.5) is 15.9 Å². The summed E-state index contributed by atoms with van der Waals surface area (Å²) in [6, 6.07) is 1.70. The summed E-state index contributed by atoms with van der Waals surface area (Å²) in [5, 5.41) is 3.62. The number of imidazole rings is 1. The fourth-order valence-corrected chi connectivity index (χ4v) is 9.06. The molecule has 4 aliphatic rings. The van der Waals surface area contributed by atoms with E-state index in [1.165, 1.54) is 24.3 Å². The highest BCUT2D eigenvalue weighted by Crippen LogP contribution is 2.54. The summed E-state index contributed by atoms with van der Waals surface area (Å²) in [6.07, 6.45) is -3.96. The van der Waals surface area contributed by atoms with Crippen LogP contribution in [0.2, 0.25) is 0 Å². The van der Waals surface area contributed by atoms with Gasteiger partial charge in [0.15, 0.2) is 30.1 Å². The molecule has 4 unspecified atom stereocenters. The lowest BCUT2D eigenvalue weighted by Crippen LogP contribution is -2.39. The maximum Gasteiger partial charge on any atom is 0.325 e. The van der Waals surface area contributed by atoms with Gasteiger partial charge in [-0.3, -0.25) is 18.5 Å². The van der Waals surface area contributed by atoms with E-state index in [0.717, 1.165) is 10.9 Å². The highest BCUT2D eigenvalue weighted by molar-refractivity contribution is 8.07. The van der Waals surface area contributed by atoms with Crippen LogP contribution in [0.15, 0.2) is 31.1 Å². The summed E-state index contributed by atoms with van der Waals surface area (Å²) >= 11 is 5.37. The third-order valence-electron chi connectivity index (χ3n) is 8.79. The molecule has 8 rings (SSSR count). The predicted octanol–water partition coefficient (Wildman–Crippen LogP) is 1.80. The van der Waals surface area contributed by atoms with Crippen molar-refractivity contribution in [2.45, 2.75) is 62.0 Å². The normalized spacial score (nSPS) is 36.8. The Balaban J connectivity index is 1.09. The minimum absolute atomic E-state index is 0.0691. The molecular weight excluding hydrogens is 708 g/mol. The van der Waals surface area contributed by atoms with E-state index in [4.69, 9.17) is 57.4 Å². The molecule has 18 nitrogen and oxygen atoms in total. The van der Waals surface area contributed by atoms with Crippen molar-refractivity contribution in [3.05, 3.63) is 36.7 Å². The molecule has 10 atom stereocenters. The number of nitrogens with two attached hydrogens (primary N) is 1. The van der Waals surface area contributed by atoms with Crippen molar-refractivity contribution in [2.75, 3.05) is 31.4 Å². The number of nitrogen functional groups attached to an aromatic ring is 1. The fourth-order valence-electron chi connectivity index (χ4n) is 6.61. The number of hydrogen-bond acceptors (Lipinski definition) is 15. The first-order valence-electron chi connectivity index (χ1n) is 15.0. The number of ether oxygens (including phenoxy) is 3. The SMILES string of the molecule is [B]P1(=O)OC[C@H]2O[C@@H](n3cc4c5c(ccnc53)NC(=O)CC4)[C@@H](OC)C2OP(O)(=S)OC[C@H]2O[C@@H](n3cnc4c(N)ncnc43)C(F)[C@H]2O1. The molecule has 0 aromatic carbocycles. The van der Waals surface area contributed by atoms with Crippen molar-refractivity contribution in [1.82, 2.24) is 29.1 Å². The fraction of sp³-hybridized carbons (Fsp3) is 0.500. The first-order chi connectivity index (χ1) is 23.4. The number of rotatable bonds is 3. The highest BCUT2D eigenvalue weighted by Gasteiger charge is 2.53. The second kappa shape index (κ2) is 12.4. The van der Waals surface area contributed by atoms with Gasteiger partial charge in [-0.2, -0.15) is 0 Å². The van der Waals surface area contributed by atoms with Crippen LogP contribution in [-0.2, 0) is 59.9 Å². The Morgan fingerprint density at radius 3 is 2.67 bits per heavy atom. The van der Waals surface area contributed by atoms with Crippen LogP contribution in [-0.4, -0.2) is 104 Å². The van der Waals surface area contributed by atoms with Gasteiger partial charge in [0.2, 0.25) is 13.5 Å². The Bertz CT molecular complexity index is 2060. The van der Waals surface area contributed by atoms with Gasteiger partial charge in [0.05, 0.1) is 25.2 Å². The largest absolute Gasteiger partial charge is 0.382 e. The third kappa shape index (κ3) is 5.90. The van der Waals surface area contributed by atoms with E-state index in [9.17, 15) is 14.3 Å². The molecule has 1 amide bonds. The van der Waals surface area contributed by atoms with E-state index in [2.05, 4.69) is 25.3 Å². The van der Waals surface area contributed by atoms with Gasteiger partial charge in [-0.05, 0) is 29.9 Å². The van der Waals surface area contributed by atoms with Crippen molar-refractivity contribution in [3.63, 3.8) is 0 Å². The molecule has 258 valence electrons. The number of pyridine rings is 1. The van der Waals surface area contributed by atoms with E-state index in [1.54, 1.807) is 23.0 Å². The number of fused-ring (bicyclic) bond motifs is 3. The summed E-state index contributed by atoms with van der Waals surface area (Å²) in [5.74, 6) is -0.0499. The monoisotopic (exact) mass is 736 g/mol. The molecule has 49 heavy (non-hydrogen) atoms. The molecule has 23 heteroatoms. The quantitative estimate of drug-likeness (QED) is 0.202. The van der Waals surface area contributed by atoms with Crippen LogP contribution in [0.1, 0.15) is 24.4 Å². The first kappa shape index (κ1) is 33.2. The van der Waals surface area contributed by atoms with Crippen molar-refractivity contribution < 1.29 is 50.9 Å². The van der Waals surface area contributed by atoms with Crippen LogP contribution in [0.5, 0.6) is 0 Å². The molecule has 4 aliphatic heterocycles. The Morgan fingerprint density at radius 1 is 1.08 bits per heavy atom. The zero-order valence-corrected chi connectivity index (χ0v) is 28.1. The third-order valence-corrected chi connectivity index (χ3v) is 11.4. The number of alkyl halides is 1. The number of hydrogen-bond donors (Lipinski definition) is 3. The van der Waals surface area contributed by atoms with Crippen molar-refractivity contribution in [1.29, 1.82) is 0 Å². The van der Waals surface area contributed by atoms with Gasteiger partial charge in [0.1, 0.15) is 48.0 Å². The highest BCUT2D eigenvalue weighted by atomic mass is 32.5. The first-order valence-corrected chi connectivity index (χ1v) is 19.2. The Morgan fingerprint density at radius 2 is 1.86 bits per heavy atom. The molecule has 3 saturated heterocycles. The van der Waals surface area contributed by atoms with Crippen molar-refractivity contribution in [2.24, 2.45) is 0 Å². The number of carbonyl (C=O) groups excluding carboxylic acids is 1. The lowest BCUT2D eigenvalue weighted by molar-refractivity contribution is -0.116. The van der Waals surface area contributed by atoms with E-state index < -0.39 is 76.6 Å². The molecule has 0 spiro atoms. The van der Waals surface area contributed by atoms with Crippen LogP contribution < -0.4 is 11.1 Å². The Labute approximate surface area is 282 Å². The maximum absolute atomic E-state index is 16.1. The van der Waals surface area contributed by atoms with Gasteiger partial charge in [0.25, 0.3) is 7.47 Å². The van der Waals surface area contributed by atoms with Crippen LogP contribution in [0.3, 0.4) is 0 Å². The van der Waals surface area contributed by atoms with Crippen LogP contribution >= 0.6 is 14.2 Å². The molecule has 4 aromatic heterocycles. The number of aryl methyl sites for hydroxylation is 1. The number of aromatic nitrogens is 6. The van der Waals surface area contributed by atoms with Gasteiger partial charge in [-0.1, -0.05) is 0 Å². The summed E-state index contributed by atoms with van der Waals surface area (Å²) in [5.41, 5.74) is 8.19. The average Bonchev–Trinajstić information content (AvgIpc) is 3.78. The number of halogens is 1. The number of nitrogens with one attached hydrogen (secondary N) is 1. The average molecular weight is 736 g/mol. The minimum atomic E-state index is -4.52. The minimum Gasteiger partial charge on any atom is -0.382 e. The molecule has 0 aliphatic carbocycles. The number of methoxy groups -OCH3 is 1. The van der Waals surface area contributed by atoms with Gasteiger partial charge >= 0.3 is 6.72 Å². The smallest absolute Gasteiger partial charge is 0.325 e. The summed E-state index contributed by atoms with van der Waals surface area (Å²) in [4.78, 5) is 40.2. The zero-order valence-electron chi connectivity index (χ0n) is 25.5. The van der Waals surface area contributed by atoms with Crippen molar-refractivity contribution >= 4 is 73.2 Å². The second-order valence-corrected chi connectivity index (χ2v) is 16.1. The Kier molecular flexibility index (Phi) is 8.40. The molecule has 4 aromatic rings. The van der Waals surface area contributed by atoms with Crippen LogP contribution in [0.25, 0.3) is 22.2 Å². The summed E-state index contributed by atoms with van der Waals surface area (Å²) in [7, 11) is 2.89. The van der Waals surface area contributed by atoms with E-state index in [1.807, 2.05) is 0 Å². The maximum atomic E-state index is 16.1. The van der Waals surface area contributed by atoms with Crippen molar-refractivity contribution in [3.8, 4) is 0 Å². The lowest BCUT2D eigenvalue weighted by Gasteiger charge is -2.30. The summed E-state index contributed by atoms with van der Waals surface area (Å²) in [6.45, 7) is -5.19. The number of nitrogens with zero attached hydrogens (tertiary/aromatic N) is 6. The molecule has 8 heterocycles. The van der Waals surface area contributed by atoms with E-state index in [0.29, 0.717) is 17.8 Å². The number of carbonyl (C=O) groups is 1. The summed E-state index contributed by atoms with van der Waals surface area (Å²) < 4.78 is 73.5. The van der Waals surface area contributed by atoms with Gasteiger partial charge in [-0.15, -0.1) is 0 Å². The molecular formula is C26H28BFN8O10P2S. The second-order valence-electron chi connectivity index (χ2n) is 11.8. The molecule has 0 bridgehead atoms. The van der Waals surface area contributed by atoms with E-state index in [-0.39, 0.29) is 29.3 Å². The molecule has 3 fully saturated rings. The number of amides is 1. The molecule has 2 radical (unpaired) electrons. The number of anilines is 2. The topological polar surface area (TPSA) is 218 Å². The Hall–Kier alpha value is -2.94. The van der Waals surface area contributed by atoms with Crippen LogP contribution in [0, 0.1) is 0 Å². The van der Waals surface area contributed by atoms with Gasteiger partial charge < -0.3 is 48.3 Å². The molecule has 4 N–H and O–H groups in total.